The Morgan fingerprint density at radius 3 is 2.68 bits per heavy atom. The van der Waals surface area contributed by atoms with Crippen LogP contribution in [0.25, 0.3) is 11.1 Å². The Balaban J connectivity index is 1.33. The van der Waals surface area contributed by atoms with E-state index in [0.717, 1.165) is 75.0 Å². The molecule has 0 radical (unpaired) electrons. The third-order valence-electron chi connectivity index (χ3n) is 7.35. The van der Waals surface area contributed by atoms with E-state index in [2.05, 4.69) is 19.8 Å². The molecule has 5 rings (SSSR count). The van der Waals surface area contributed by atoms with Crippen LogP contribution in [0.3, 0.4) is 0 Å². The molecule has 1 amide bonds. The van der Waals surface area contributed by atoms with Gasteiger partial charge in [0, 0.05) is 55.4 Å². The number of halogens is 1. The SMILES string of the molecule is O=C1N([C@H]2CC[C@@H](O)CC2)CC[C@]12CCCN(c1ncc(-c3cccnc3)cc1Cl)C2. The zero-order valence-electron chi connectivity index (χ0n) is 17.7. The molecular weight excluding hydrogens is 412 g/mol. The molecule has 0 unspecified atom stereocenters. The Morgan fingerprint density at radius 1 is 1.10 bits per heavy atom. The number of hydrogen-bond donors (Lipinski definition) is 1. The van der Waals surface area contributed by atoms with Crippen molar-refractivity contribution in [3.8, 4) is 11.1 Å². The minimum absolute atomic E-state index is 0.198. The van der Waals surface area contributed by atoms with Crippen LogP contribution in [-0.2, 0) is 4.79 Å². The van der Waals surface area contributed by atoms with E-state index < -0.39 is 0 Å². The van der Waals surface area contributed by atoms with Gasteiger partial charge in [0.15, 0.2) is 0 Å². The van der Waals surface area contributed by atoms with Crippen molar-refractivity contribution in [2.24, 2.45) is 5.41 Å². The number of aliphatic hydroxyl groups excluding tert-OH is 1. The normalized spacial score (nSPS) is 29.0. The van der Waals surface area contributed by atoms with Crippen molar-refractivity contribution in [3.63, 3.8) is 0 Å². The van der Waals surface area contributed by atoms with Gasteiger partial charge in [-0.15, -0.1) is 0 Å². The van der Waals surface area contributed by atoms with Crippen molar-refractivity contribution >= 4 is 23.3 Å². The first-order chi connectivity index (χ1) is 15.1. The van der Waals surface area contributed by atoms with Crippen LogP contribution >= 0.6 is 11.6 Å². The smallest absolute Gasteiger partial charge is 0.230 e. The maximum atomic E-state index is 13.5. The number of hydrogen-bond acceptors (Lipinski definition) is 5. The molecule has 1 spiro atoms. The first kappa shape index (κ1) is 20.7. The molecule has 4 heterocycles. The lowest BCUT2D eigenvalue weighted by atomic mass is 9.78. The fourth-order valence-corrected chi connectivity index (χ4v) is 5.90. The summed E-state index contributed by atoms with van der Waals surface area (Å²) in [5, 5.41) is 10.4. The lowest BCUT2D eigenvalue weighted by molar-refractivity contribution is -0.139. The van der Waals surface area contributed by atoms with Crippen molar-refractivity contribution in [1.29, 1.82) is 0 Å². The third kappa shape index (κ3) is 3.92. The summed E-state index contributed by atoms with van der Waals surface area (Å²) in [6, 6.07) is 6.12. The Morgan fingerprint density at radius 2 is 1.94 bits per heavy atom. The van der Waals surface area contributed by atoms with Crippen molar-refractivity contribution in [2.75, 3.05) is 24.5 Å². The van der Waals surface area contributed by atoms with Crippen LogP contribution in [0.5, 0.6) is 0 Å². The van der Waals surface area contributed by atoms with Gasteiger partial charge in [-0.1, -0.05) is 17.7 Å². The van der Waals surface area contributed by atoms with E-state index in [9.17, 15) is 9.90 Å². The van der Waals surface area contributed by atoms with Gasteiger partial charge in [-0.3, -0.25) is 9.78 Å². The molecule has 7 heteroatoms. The fraction of sp³-hybridized carbons (Fsp3) is 0.542. The zero-order valence-corrected chi connectivity index (χ0v) is 18.5. The van der Waals surface area contributed by atoms with Crippen LogP contribution in [0.15, 0.2) is 36.8 Å². The maximum absolute atomic E-state index is 13.5. The largest absolute Gasteiger partial charge is 0.393 e. The van der Waals surface area contributed by atoms with Gasteiger partial charge >= 0.3 is 0 Å². The molecule has 2 aromatic heterocycles. The molecule has 0 aromatic carbocycles. The standard InChI is InChI=1S/C24H29ClN4O2/c25-21-13-18(17-3-1-10-26-14-17)15-27-22(21)28-11-2-8-24(16-28)9-12-29(23(24)31)19-4-6-20(30)7-5-19/h1,3,10,13-15,19-20,30H,2,4-9,11-12,16H2/t19-,20+,24-/m0/s1. The predicted molar refractivity (Wildman–Crippen MR) is 121 cm³/mol. The summed E-state index contributed by atoms with van der Waals surface area (Å²) in [5.41, 5.74) is 1.59. The molecule has 1 N–H and O–H groups in total. The molecule has 2 aliphatic heterocycles. The predicted octanol–water partition coefficient (Wildman–Crippen LogP) is 3.92. The van der Waals surface area contributed by atoms with E-state index in [4.69, 9.17) is 11.6 Å². The number of anilines is 1. The Labute approximate surface area is 188 Å². The van der Waals surface area contributed by atoms with Gasteiger partial charge in [0.2, 0.25) is 5.91 Å². The number of piperidine rings is 1. The Bertz CT molecular complexity index is 948. The fourth-order valence-electron chi connectivity index (χ4n) is 5.61. The number of pyridine rings is 2. The lowest BCUT2D eigenvalue weighted by Gasteiger charge is -2.41. The van der Waals surface area contributed by atoms with E-state index in [1.54, 1.807) is 12.4 Å². The van der Waals surface area contributed by atoms with E-state index in [1.165, 1.54) is 0 Å². The highest BCUT2D eigenvalue weighted by Gasteiger charge is 2.51. The van der Waals surface area contributed by atoms with Crippen LogP contribution in [0.2, 0.25) is 5.02 Å². The van der Waals surface area contributed by atoms with Gasteiger partial charge < -0.3 is 14.9 Å². The zero-order chi connectivity index (χ0) is 21.4. The number of nitrogens with zero attached hydrogens (tertiary/aromatic N) is 4. The van der Waals surface area contributed by atoms with Crippen LogP contribution in [0, 0.1) is 5.41 Å². The highest BCUT2D eigenvalue weighted by atomic mass is 35.5. The highest BCUT2D eigenvalue weighted by Crippen LogP contribution is 2.44. The summed E-state index contributed by atoms with van der Waals surface area (Å²) >= 11 is 6.66. The summed E-state index contributed by atoms with van der Waals surface area (Å²) in [6.07, 6.45) is 11.4. The second-order valence-corrected chi connectivity index (χ2v) is 9.69. The van der Waals surface area contributed by atoms with Gasteiger partial charge in [-0.25, -0.2) is 4.98 Å². The monoisotopic (exact) mass is 440 g/mol. The van der Waals surface area contributed by atoms with Crippen molar-refractivity contribution in [2.45, 2.75) is 57.1 Å². The number of carbonyl (C=O) groups is 1. The third-order valence-corrected chi connectivity index (χ3v) is 7.62. The van der Waals surface area contributed by atoms with Crippen LogP contribution in [-0.4, -0.2) is 57.7 Å². The minimum Gasteiger partial charge on any atom is -0.393 e. The quantitative estimate of drug-likeness (QED) is 0.783. The molecule has 2 aromatic rings. The van der Waals surface area contributed by atoms with Gasteiger partial charge in [0.1, 0.15) is 5.82 Å². The van der Waals surface area contributed by atoms with Gasteiger partial charge in [-0.2, -0.15) is 0 Å². The average molecular weight is 441 g/mol. The summed E-state index contributed by atoms with van der Waals surface area (Å²) in [6.45, 7) is 2.37. The summed E-state index contributed by atoms with van der Waals surface area (Å²) < 4.78 is 0. The number of likely N-dealkylation sites (tertiary alicyclic amines) is 1. The molecule has 6 nitrogen and oxygen atoms in total. The van der Waals surface area contributed by atoms with Gasteiger partial charge in [0.25, 0.3) is 0 Å². The molecule has 2 saturated heterocycles. The molecule has 1 atom stereocenters. The number of rotatable bonds is 3. The van der Waals surface area contributed by atoms with E-state index >= 15 is 0 Å². The first-order valence-corrected chi connectivity index (χ1v) is 11.7. The van der Waals surface area contributed by atoms with Crippen LogP contribution in [0.1, 0.15) is 44.9 Å². The molecule has 3 aliphatic rings. The van der Waals surface area contributed by atoms with Crippen molar-refractivity contribution in [3.05, 3.63) is 41.8 Å². The first-order valence-electron chi connectivity index (χ1n) is 11.4. The van der Waals surface area contributed by atoms with E-state index in [1.807, 2.05) is 24.4 Å². The molecule has 164 valence electrons. The number of aromatic nitrogens is 2. The molecule has 0 bridgehead atoms. The number of carbonyl (C=O) groups excluding carboxylic acids is 1. The second-order valence-electron chi connectivity index (χ2n) is 9.29. The number of amides is 1. The summed E-state index contributed by atoms with van der Waals surface area (Å²) in [7, 11) is 0. The van der Waals surface area contributed by atoms with Crippen LogP contribution < -0.4 is 4.90 Å². The summed E-state index contributed by atoms with van der Waals surface area (Å²) in [4.78, 5) is 26.7. The Hall–Kier alpha value is -2.18. The Kier molecular flexibility index (Phi) is 5.61. The molecular formula is C24H29ClN4O2. The molecule has 3 fully saturated rings. The average Bonchev–Trinajstić information content (AvgIpc) is 3.10. The maximum Gasteiger partial charge on any atom is 0.230 e. The van der Waals surface area contributed by atoms with Gasteiger partial charge in [-0.05, 0) is 57.1 Å². The van der Waals surface area contributed by atoms with Gasteiger partial charge in [0.05, 0.1) is 16.5 Å². The highest BCUT2D eigenvalue weighted by molar-refractivity contribution is 6.33. The lowest BCUT2D eigenvalue weighted by Crippen LogP contribution is -2.50. The minimum atomic E-state index is -0.332. The van der Waals surface area contributed by atoms with E-state index in [-0.39, 0.29) is 17.6 Å². The molecule has 1 saturated carbocycles. The van der Waals surface area contributed by atoms with E-state index in [0.29, 0.717) is 17.5 Å². The topological polar surface area (TPSA) is 69.6 Å². The molecule has 31 heavy (non-hydrogen) atoms. The number of aliphatic hydroxyl groups is 1. The van der Waals surface area contributed by atoms with Crippen molar-refractivity contribution < 1.29 is 9.90 Å². The van der Waals surface area contributed by atoms with Crippen LogP contribution in [0.4, 0.5) is 5.82 Å². The summed E-state index contributed by atoms with van der Waals surface area (Å²) in [5.74, 6) is 1.06. The van der Waals surface area contributed by atoms with Crippen molar-refractivity contribution in [1.82, 2.24) is 14.9 Å². The molecule has 1 aliphatic carbocycles. The second kappa shape index (κ2) is 8.40.